The molecule has 2 aromatic carbocycles. The van der Waals surface area contributed by atoms with E-state index in [0.29, 0.717) is 23.0 Å². The Morgan fingerprint density at radius 2 is 1.94 bits per heavy atom. The van der Waals surface area contributed by atoms with Crippen molar-refractivity contribution in [3.8, 4) is 5.69 Å². The van der Waals surface area contributed by atoms with Gasteiger partial charge in [0.1, 0.15) is 10.0 Å². The molecule has 0 fully saturated rings. The van der Waals surface area contributed by atoms with Crippen molar-refractivity contribution in [2.24, 2.45) is 0 Å². The maximum Gasteiger partial charge on any atom is 0.333 e. The first kappa shape index (κ1) is 23.1. The van der Waals surface area contributed by atoms with Crippen molar-refractivity contribution in [3.05, 3.63) is 79.0 Å². The van der Waals surface area contributed by atoms with E-state index < -0.39 is 33.1 Å². The highest BCUT2D eigenvalue weighted by molar-refractivity contribution is 7.92. The average Bonchev–Trinajstić information content (AvgIpc) is 3.44. The third-order valence-electron chi connectivity index (χ3n) is 5.36. The van der Waals surface area contributed by atoms with Gasteiger partial charge in [0.05, 0.1) is 20.9 Å². The standard InChI is InChI=1S/C21H15ClFN5O5S2/c22-16-5-6-17(34-16)35(32,33)27-20(30)25-10-1-4-15(13(23)9-10)28-19(29)12-2-3-14-11(7-8-24-14)18(12)26-21(28)31/h1-6,9,24H,7-8H2,(H,26,31)(H2,25,27,30). The number of aromatic amines is 1. The number of hydrogen-bond donors (Lipinski definition) is 4. The number of rotatable bonds is 4. The van der Waals surface area contributed by atoms with Crippen LogP contribution >= 0.6 is 22.9 Å². The van der Waals surface area contributed by atoms with Gasteiger partial charge < -0.3 is 15.6 Å². The zero-order valence-electron chi connectivity index (χ0n) is 17.5. The van der Waals surface area contributed by atoms with Crippen molar-refractivity contribution in [2.45, 2.75) is 10.6 Å². The van der Waals surface area contributed by atoms with E-state index in [0.717, 1.165) is 34.7 Å². The molecule has 0 unspecified atom stereocenters. The van der Waals surface area contributed by atoms with E-state index in [1.54, 1.807) is 16.9 Å². The lowest BCUT2D eigenvalue weighted by atomic mass is 10.1. The Morgan fingerprint density at radius 3 is 2.66 bits per heavy atom. The predicted octanol–water partition coefficient (Wildman–Crippen LogP) is 3.01. The first-order valence-corrected chi connectivity index (χ1v) is 12.8. The minimum absolute atomic E-state index is 0.0997. The average molecular weight is 536 g/mol. The largest absolute Gasteiger partial charge is 0.384 e. The van der Waals surface area contributed by atoms with Crippen molar-refractivity contribution >= 4 is 61.3 Å². The van der Waals surface area contributed by atoms with E-state index in [4.69, 9.17) is 11.6 Å². The lowest BCUT2D eigenvalue weighted by Gasteiger charge is -2.12. The number of anilines is 2. The summed E-state index contributed by atoms with van der Waals surface area (Å²) in [6.45, 7) is 0.679. The topological polar surface area (TPSA) is 142 Å². The Balaban J connectivity index is 1.44. The number of amides is 2. The number of nitrogens with zero attached hydrogens (tertiary/aromatic N) is 1. The van der Waals surface area contributed by atoms with E-state index in [1.807, 2.05) is 0 Å². The summed E-state index contributed by atoms with van der Waals surface area (Å²) >= 11 is 6.49. The molecular weight excluding hydrogens is 521 g/mol. The number of benzene rings is 2. The zero-order valence-corrected chi connectivity index (χ0v) is 19.9. The van der Waals surface area contributed by atoms with Crippen molar-refractivity contribution in [1.29, 1.82) is 0 Å². The molecule has 0 radical (unpaired) electrons. The number of hydrogen-bond acceptors (Lipinski definition) is 7. The number of carbonyl (C=O) groups is 1. The summed E-state index contributed by atoms with van der Waals surface area (Å²) in [5.41, 5.74) is 0.102. The Bertz CT molecular complexity index is 1750. The molecule has 0 aliphatic carbocycles. The molecule has 2 amide bonds. The fourth-order valence-corrected chi connectivity index (χ4v) is 6.24. The molecule has 35 heavy (non-hydrogen) atoms. The number of aromatic nitrogens is 2. The summed E-state index contributed by atoms with van der Waals surface area (Å²) in [7, 11) is -4.17. The van der Waals surface area contributed by atoms with Crippen molar-refractivity contribution in [3.63, 3.8) is 0 Å². The second-order valence-corrected chi connectivity index (χ2v) is 11.2. The second-order valence-electron chi connectivity index (χ2n) is 7.55. The van der Waals surface area contributed by atoms with E-state index in [9.17, 15) is 27.2 Å². The second kappa shape index (κ2) is 8.52. The van der Waals surface area contributed by atoms with E-state index in [2.05, 4.69) is 15.6 Å². The third-order valence-corrected chi connectivity index (χ3v) is 8.41. The van der Waals surface area contributed by atoms with Crippen LogP contribution in [0.5, 0.6) is 0 Å². The molecule has 14 heteroatoms. The maximum atomic E-state index is 14.9. The van der Waals surface area contributed by atoms with E-state index in [1.165, 1.54) is 18.2 Å². The number of nitrogens with one attached hydrogen (secondary N) is 4. The summed E-state index contributed by atoms with van der Waals surface area (Å²) in [5, 5.41) is 5.59. The van der Waals surface area contributed by atoms with Crippen molar-refractivity contribution in [2.75, 3.05) is 17.2 Å². The molecule has 2 aromatic heterocycles. The first-order chi connectivity index (χ1) is 16.6. The highest BCUT2D eigenvalue weighted by Crippen LogP contribution is 2.28. The van der Waals surface area contributed by atoms with Crippen LogP contribution < -0.4 is 26.6 Å². The van der Waals surface area contributed by atoms with Gasteiger partial charge in [0, 0.05) is 23.5 Å². The van der Waals surface area contributed by atoms with Crippen LogP contribution in [0.4, 0.5) is 20.6 Å². The van der Waals surface area contributed by atoms with Gasteiger partial charge in [-0.1, -0.05) is 11.6 Å². The van der Waals surface area contributed by atoms with Gasteiger partial charge in [0.25, 0.3) is 15.6 Å². The number of thiophene rings is 1. The van der Waals surface area contributed by atoms with Crippen LogP contribution in [0.25, 0.3) is 16.6 Å². The lowest BCUT2D eigenvalue weighted by molar-refractivity contribution is 0.256. The Hall–Kier alpha value is -3.68. The van der Waals surface area contributed by atoms with Crippen LogP contribution in [0.15, 0.2) is 56.3 Å². The zero-order chi connectivity index (χ0) is 24.9. The minimum atomic E-state index is -4.17. The van der Waals surface area contributed by atoms with Gasteiger partial charge in [-0.15, -0.1) is 11.3 Å². The molecule has 4 N–H and O–H groups in total. The Labute approximate surface area is 205 Å². The smallest absolute Gasteiger partial charge is 0.333 e. The minimum Gasteiger partial charge on any atom is -0.384 e. The van der Waals surface area contributed by atoms with E-state index >= 15 is 0 Å². The SMILES string of the molecule is O=C(Nc1ccc(-n2c(=O)[nH]c3c4c(ccc3c2=O)NCC4)c(F)c1)NS(=O)(=O)c1ccc(Cl)s1. The molecular formula is C21H15ClFN5O5S2. The van der Waals surface area contributed by atoms with Gasteiger partial charge in [-0.2, -0.15) is 0 Å². The predicted molar refractivity (Wildman–Crippen MR) is 131 cm³/mol. The van der Waals surface area contributed by atoms with Gasteiger partial charge in [-0.3, -0.25) is 4.79 Å². The Kier molecular flexibility index (Phi) is 5.62. The molecule has 0 atom stereocenters. The van der Waals surface area contributed by atoms with Crippen LogP contribution in [0.2, 0.25) is 4.34 Å². The number of halogens is 2. The van der Waals surface area contributed by atoms with Crippen LogP contribution in [-0.2, 0) is 16.4 Å². The molecule has 4 aromatic rings. The molecule has 5 rings (SSSR count). The molecule has 0 bridgehead atoms. The van der Waals surface area contributed by atoms with Gasteiger partial charge in [0.15, 0.2) is 0 Å². The fourth-order valence-electron chi connectivity index (χ4n) is 3.85. The van der Waals surface area contributed by atoms with E-state index in [-0.39, 0.29) is 25.3 Å². The fraction of sp³-hybridized carbons (Fsp3) is 0.0952. The summed E-state index contributed by atoms with van der Waals surface area (Å²) in [6, 6.07) is 7.99. The maximum absolute atomic E-state index is 14.9. The van der Waals surface area contributed by atoms with Gasteiger partial charge in [-0.25, -0.2) is 31.7 Å². The lowest BCUT2D eigenvalue weighted by Crippen LogP contribution is -2.35. The van der Waals surface area contributed by atoms with Crippen LogP contribution in [-0.4, -0.2) is 30.5 Å². The van der Waals surface area contributed by atoms with Gasteiger partial charge in [0.2, 0.25) is 0 Å². The first-order valence-electron chi connectivity index (χ1n) is 10.1. The molecule has 180 valence electrons. The molecule has 0 spiro atoms. The quantitative estimate of drug-likeness (QED) is 0.316. The summed E-state index contributed by atoms with van der Waals surface area (Å²) in [6.07, 6.45) is 0.637. The summed E-state index contributed by atoms with van der Waals surface area (Å²) < 4.78 is 41.9. The van der Waals surface area contributed by atoms with Gasteiger partial charge >= 0.3 is 11.7 Å². The molecule has 0 saturated heterocycles. The molecule has 1 aliphatic rings. The van der Waals surface area contributed by atoms with Crippen LogP contribution in [0, 0.1) is 5.82 Å². The Morgan fingerprint density at radius 1 is 1.14 bits per heavy atom. The number of urea groups is 1. The number of sulfonamides is 1. The number of H-pyrrole nitrogens is 1. The van der Waals surface area contributed by atoms with Crippen LogP contribution in [0.1, 0.15) is 5.56 Å². The van der Waals surface area contributed by atoms with Crippen molar-refractivity contribution in [1.82, 2.24) is 14.3 Å². The third kappa shape index (κ3) is 4.17. The highest BCUT2D eigenvalue weighted by atomic mass is 35.5. The van der Waals surface area contributed by atoms with Crippen LogP contribution in [0.3, 0.4) is 0 Å². The number of carbonyl (C=O) groups excluding carboxylic acids is 1. The van der Waals surface area contributed by atoms with Gasteiger partial charge in [-0.05, 0) is 48.9 Å². The highest BCUT2D eigenvalue weighted by Gasteiger charge is 2.21. The molecule has 10 nitrogen and oxygen atoms in total. The summed E-state index contributed by atoms with van der Waals surface area (Å²) in [5.74, 6) is -0.981. The van der Waals surface area contributed by atoms with Crippen molar-refractivity contribution < 1.29 is 17.6 Å². The molecule has 1 aliphatic heterocycles. The molecule has 3 heterocycles. The summed E-state index contributed by atoms with van der Waals surface area (Å²) in [4.78, 5) is 40.6. The number of fused-ring (bicyclic) bond motifs is 3. The molecule has 0 saturated carbocycles. The monoisotopic (exact) mass is 535 g/mol. The normalized spacial score (nSPS) is 12.9.